The first-order valence-electron chi connectivity index (χ1n) is 4.12. The van der Waals surface area contributed by atoms with Crippen molar-refractivity contribution in [3.05, 3.63) is 35.9 Å². The quantitative estimate of drug-likeness (QED) is 0.483. The van der Waals surface area contributed by atoms with E-state index in [4.69, 9.17) is 15.2 Å². The Morgan fingerprint density at radius 2 is 2.13 bits per heavy atom. The summed E-state index contributed by atoms with van der Waals surface area (Å²) in [5.74, 6) is -0.805. The van der Waals surface area contributed by atoms with Crippen LogP contribution in [0.5, 0.6) is 5.75 Å². The van der Waals surface area contributed by atoms with Gasteiger partial charge in [-0.2, -0.15) is 0 Å². The molecule has 5 nitrogen and oxygen atoms in total. The first-order valence-corrected chi connectivity index (χ1v) is 4.12. The zero-order chi connectivity index (χ0) is 11.3. The minimum atomic E-state index is -1.89. The van der Waals surface area contributed by atoms with Crippen LogP contribution in [0.1, 0.15) is 5.56 Å². The molecule has 0 fully saturated rings. The van der Waals surface area contributed by atoms with Crippen LogP contribution in [0.4, 0.5) is 0 Å². The lowest BCUT2D eigenvalue weighted by molar-refractivity contribution is -0.131. The lowest BCUT2D eigenvalue weighted by Gasteiger charge is -2.04. The highest BCUT2D eigenvalue weighted by atomic mass is 16.6. The number of carboxylic acids is 1. The predicted octanol–water partition coefficient (Wildman–Crippen LogP) is 0.133. The van der Waals surface area contributed by atoms with Gasteiger partial charge in [0.15, 0.2) is 0 Å². The molecule has 0 bridgehead atoms. The van der Waals surface area contributed by atoms with E-state index in [1.54, 1.807) is 12.1 Å². The van der Waals surface area contributed by atoms with E-state index in [2.05, 4.69) is 4.65 Å². The molecule has 0 aliphatic carbocycles. The largest absolute Gasteiger partial charge is 0.707 e. The van der Waals surface area contributed by atoms with Crippen molar-refractivity contribution >= 4 is 19.4 Å². The SMILES string of the molecule is O=C(O)C=Cc1cccc(OB(O)O)c1. The van der Waals surface area contributed by atoms with E-state index in [9.17, 15) is 4.79 Å². The topological polar surface area (TPSA) is 87.0 Å². The number of benzene rings is 1. The Hall–Kier alpha value is -1.79. The first kappa shape index (κ1) is 11.3. The highest BCUT2D eigenvalue weighted by Crippen LogP contribution is 2.14. The Balaban J connectivity index is 2.78. The average Bonchev–Trinajstić information content (AvgIpc) is 2.14. The number of hydrogen-bond acceptors (Lipinski definition) is 4. The summed E-state index contributed by atoms with van der Waals surface area (Å²) in [7, 11) is -1.89. The van der Waals surface area contributed by atoms with Gasteiger partial charge in [-0.1, -0.05) is 12.1 Å². The summed E-state index contributed by atoms with van der Waals surface area (Å²) in [5.41, 5.74) is 0.593. The number of aliphatic carboxylic acids is 1. The Labute approximate surface area is 86.4 Å². The van der Waals surface area contributed by atoms with Gasteiger partial charge in [-0.05, 0) is 23.8 Å². The molecule has 1 rings (SSSR count). The van der Waals surface area contributed by atoms with Crippen molar-refractivity contribution in [3.63, 3.8) is 0 Å². The van der Waals surface area contributed by atoms with Crippen molar-refractivity contribution < 1.29 is 24.6 Å². The second-order valence-corrected chi connectivity index (χ2v) is 2.69. The zero-order valence-corrected chi connectivity index (χ0v) is 7.70. The van der Waals surface area contributed by atoms with Crippen molar-refractivity contribution in [2.24, 2.45) is 0 Å². The predicted molar refractivity (Wildman–Crippen MR) is 53.9 cm³/mol. The smallest absolute Gasteiger partial charge is 0.512 e. The van der Waals surface area contributed by atoms with Crippen LogP contribution in [0.25, 0.3) is 6.08 Å². The molecule has 0 atom stereocenters. The molecule has 0 aliphatic rings. The molecule has 0 radical (unpaired) electrons. The maximum absolute atomic E-state index is 10.2. The average molecular weight is 208 g/mol. The minimum absolute atomic E-state index is 0.248. The fourth-order valence-corrected chi connectivity index (χ4v) is 0.981. The van der Waals surface area contributed by atoms with Crippen LogP contribution < -0.4 is 4.65 Å². The van der Waals surface area contributed by atoms with Gasteiger partial charge < -0.3 is 19.8 Å². The standard InChI is InChI=1S/C9H9BO5/c11-9(12)5-4-7-2-1-3-8(6-7)15-10(13)14/h1-6,13-14H,(H,11,12). The normalized spacial score (nSPS) is 10.3. The molecule has 6 heteroatoms. The van der Waals surface area contributed by atoms with Crippen LogP contribution in [0.3, 0.4) is 0 Å². The van der Waals surface area contributed by atoms with Gasteiger partial charge in [-0.15, -0.1) is 0 Å². The van der Waals surface area contributed by atoms with E-state index in [1.807, 2.05) is 0 Å². The molecule has 0 heterocycles. The van der Waals surface area contributed by atoms with Gasteiger partial charge in [0, 0.05) is 6.08 Å². The van der Waals surface area contributed by atoms with Crippen LogP contribution in [0.15, 0.2) is 30.3 Å². The zero-order valence-electron chi connectivity index (χ0n) is 7.70. The van der Waals surface area contributed by atoms with Gasteiger partial charge in [0.2, 0.25) is 0 Å². The molecule has 0 saturated heterocycles. The second kappa shape index (κ2) is 5.18. The van der Waals surface area contributed by atoms with Crippen LogP contribution >= 0.6 is 0 Å². The van der Waals surface area contributed by atoms with Crippen LogP contribution in [-0.2, 0) is 4.79 Å². The number of hydrogen-bond donors (Lipinski definition) is 3. The van der Waals surface area contributed by atoms with Crippen molar-refractivity contribution in [3.8, 4) is 5.75 Å². The summed E-state index contributed by atoms with van der Waals surface area (Å²) in [6, 6.07) is 6.28. The van der Waals surface area contributed by atoms with E-state index in [0.717, 1.165) is 6.08 Å². The van der Waals surface area contributed by atoms with Crippen LogP contribution in [0, 0.1) is 0 Å². The molecule has 0 aliphatic heterocycles. The van der Waals surface area contributed by atoms with E-state index in [1.165, 1.54) is 18.2 Å². The third kappa shape index (κ3) is 4.30. The van der Waals surface area contributed by atoms with Crippen molar-refractivity contribution in [2.75, 3.05) is 0 Å². The van der Waals surface area contributed by atoms with E-state index in [0.29, 0.717) is 5.56 Å². The summed E-state index contributed by atoms with van der Waals surface area (Å²) in [4.78, 5) is 10.2. The Bertz CT molecular complexity index is 375. The monoisotopic (exact) mass is 208 g/mol. The molecule has 0 aromatic heterocycles. The van der Waals surface area contributed by atoms with Crippen molar-refractivity contribution in [1.82, 2.24) is 0 Å². The van der Waals surface area contributed by atoms with Gasteiger partial charge in [0.25, 0.3) is 0 Å². The van der Waals surface area contributed by atoms with Crippen LogP contribution in [-0.4, -0.2) is 28.4 Å². The molecule has 0 unspecified atom stereocenters. The van der Waals surface area contributed by atoms with Crippen molar-refractivity contribution in [1.29, 1.82) is 0 Å². The molecule has 15 heavy (non-hydrogen) atoms. The molecule has 1 aromatic rings. The number of rotatable bonds is 4. The highest BCUT2D eigenvalue weighted by Gasteiger charge is 2.10. The molecular weight excluding hydrogens is 199 g/mol. The number of carbonyl (C=O) groups is 1. The minimum Gasteiger partial charge on any atom is -0.512 e. The fraction of sp³-hybridized carbons (Fsp3) is 0. The van der Waals surface area contributed by atoms with Gasteiger partial charge in [0.05, 0.1) is 0 Å². The lowest BCUT2D eigenvalue weighted by atomic mass is 10.2. The Kier molecular flexibility index (Phi) is 3.90. The molecule has 0 spiro atoms. The Morgan fingerprint density at radius 1 is 1.40 bits per heavy atom. The van der Waals surface area contributed by atoms with E-state index in [-0.39, 0.29) is 5.75 Å². The van der Waals surface area contributed by atoms with Crippen LogP contribution in [0.2, 0.25) is 0 Å². The van der Waals surface area contributed by atoms with Crippen molar-refractivity contribution in [2.45, 2.75) is 0 Å². The summed E-state index contributed by atoms with van der Waals surface area (Å²) in [6.45, 7) is 0. The molecule has 3 N–H and O–H groups in total. The Morgan fingerprint density at radius 3 is 2.73 bits per heavy atom. The fourth-order valence-electron chi connectivity index (χ4n) is 0.981. The van der Waals surface area contributed by atoms with Gasteiger partial charge in [-0.3, -0.25) is 0 Å². The lowest BCUT2D eigenvalue weighted by Crippen LogP contribution is -2.20. The van der Waals surface area contributed by atoms with Gasteiger partial charge in [-0.25, -0.2) is 4.79 Å². The number of carboxylic acid groups (broad SMARTS) is 1. The van der Waals surface area contributed by atoms with E-state index < -0.39 is 13.3 Å². The second-order valence-electron chi connectivity index (χ2n) is 2.69. The van der Waals surface area contributed by atoms with Gasteiger partial charge >= 0.3 is 13.3 Å². The summed E-state index contributed by atoms with van der Waals surface area (Å²) < 4.78 is 4.59. The third-order valence-corrected chi connectivity index (χ3v) is 1.52. The molecular formula is C9H9BO5. The molecule has 0 amide bonds. The third-order valence-electron chi connectivity index (χ3n) is 1.52. The van der Waals surface area contributed by atoms with Gasteiger partial charge in [0.1, 0.15) is 5.75 Å². The van der Waals surface area contributed by atoms with E-state index >= 15 is 0 Å². The maximum Gasteiger partial charge on any atom is 0.707 e. The molecule has 0 saturated carbocycles. The summed E-state index contributed by atoms with van der Waals surface area (Å²) >= 11 is 0. The summed E-state index contributed by atoms with van der Waals surface area (Å²) in [6.07, 6.45) is 2.35. The summed E-state index contributed by atoms with van der Waals surface area (Å²) in [5, 5.41) is 25.5. The molecule has 78 valence electrons. The first-order chi connectivity index (χ1) is 7.08. The molecule has 1 aromatic carbocycles. The maximum atomic E-state index is 10.2. The highest BCUT2D eigenvalue weighted by molar-refractivity contribution is 6.33.